The van der Waals surface area contributed by atoms with Crippen molar-refractivity contribution in [2.45, 2.75) is 51.2 Å². The average Bonchev–Trinajstić information content (AvgIpc) is 3.50. The van der Waals surface area contributed by atoms with Crippen molar-refractivity contribution in [2.24, 2.45) is 11.8 Å². The summed E-state index contributed by atoms with van der Waals surface area (Å²) in [7, 11) is 0. The summed E-state index contributed by atoms with van der Waals surface area (Å²) >= 11 is 0. The van der Waals surface area contributed by atoms with Gasteiger partial charge in [0, 0.05) is 25.2 Å². The Hall–Kier alpha value is -2.63. The summed E-state index contributed by atoms with van der Waals surface area (Å²) in [6.45, 7) is 3.21. The number of anilines is 1. The van der Waals surface area contributed by atoms with Gasteiger partial charge in [0.05, 0.1) is 17.7 Å². The fourth-order valence-electron chi connectivity index (χ4n) is 4.81. The number of halogens is 2. The molecule has 0 amide bonds. The Morgan fingerprint density at radius 2 is 1.93 bits per heavy atom. The highest BCUT2D eigenvalue weighted by atomic mass is 19.2. The van der Waals surface area contributed by atoms with Gasteiger partial charge in [-0.2, -0.15) is 0 Å². The molecule has 2 aromatic carbocycles. The lowest BCUT2D eigenvalue weighted by Crippen LogP contribution is -2.33. The van der Waals surface area contributed by atoms with E-state index < -0.39 is 17.6 Å². The predicted molar refractivity (Wildman–Crippen MR) is 109 cm³/mol. The van der Waals surface area contributed by atoms with Crippen molar-refractivity contribution in [1.82, 2.24) is 0 Å². The van der Waals surface area contributed by atoms with Gasteiger partial charge in [-0.3, -0.25) is 4.79 Å². The molecule has 0 saturated heterocycles. The van der Waals surface area contributed by atoms with E-state index in [-0.39, 0.29) is 23.6 Å². The molecule has 0 radical (unpaired) electrons. The van der Waals surface area contributed by atoms with E-state index in [9.17, 15) is 13.6 Å². The van der Waals surface area contributed by atoms with Gasteiger partial charge < -0.3 is 14.7 Å². The van der Waals surface area contributed by atoms with Crippen molar-refractivity contribution in [3.05, 3.63) is 58.7 Å². The number of carbonyl (C=O) groups is 1. The minimum Gasteiger partial charge on any atom is -0.490 e. The van der Waals surface area contributed by atoms with Crippen molar-refractivity contribution in [3.63, 3.8) is 0 Å². The Bertz CT molecular complexity index is 1000. The van der Waals surface area contributed by atoms with Gasteiger partial charge in [-0.05, 0) is 54.2 Å². The standard InChI is InChI=1S/C24H25F2NO3/c1-13-6-17(7-13)30-18-9-21(25)23(26)22(10-18)27-5-4-14-8-15(2-3-16(14)12-27)19-11-20(19)24(28)29/h2-3,8-10,13,17,19-20H,4-7,11-12H2,1H3,(H,28,29)/t13?,17?,19-,20+/m0/s1. The van der Waals surface area contributed by atoms with Crippen LogP contribution in [-0.4, -0.2) is 23.7 Å². The number of benzene rings is 2. The second-order valence-corrected chi connectivity index (χ2v) is 9.04. The highest BCUT2D eigenvalue weighted by Crippen LogP contribution is 2.48. The molecule has 1 N–H and O–H groups in total. The molecule has 30 heavy (non-hydrogen) atoms. The van der Waals surface area contributed by atoms with E-state index in [4.69, 9.17) is 9.84 Å². The molecule has 2 atom stereocenters. The minimum absolute atomic E-state index is 0.0790. The lowest BCUT2D eigenvalue weighted by molar-refractivity contribution is -0.138. The Morgan fingerprint density at radius 3 is 2.63 bits per heavy atom. The van der Waals surface area contributed by atoms with Gasteiger partial charge in [-0.1, -0.05) is 25.1 Å². The Balaban J connectivity index is 1.34. The van der Waals surface area contributed by atoms with Gasteiger partial charge in [0.25, 0.3) is 0 Å². The van der Waals surface area contributed by atoms with Gasteiger partial charge in [0.1, 0.15) is 5.75 Å². The lowest BCUT2D eigenvalue weighted by Gasteiger charge is -2.34. The van der Waals surface area contributed by atoms with Gasteiger partial charge >= 0.3 is 5.97 Å². The molecule has 1 aliphatic heterocycles. The molecule has 0 spiro atoms. The van der Waals surface area contributed by atoms with Crippen LogP contribution in [0, 0.1) is 23.5 Å². The second-order valence-electron chi connectivity index (χ2n) is 9.04. The maximum absolute atomic E-state index is 14.6. The first-order valence-electron chi connectivity index (χ1n) is 10.6. The zero-order chi connectivity index (χ0) is 21.0. The largest absolute Gasteiger partial charge is 0.490 e. The van der Waals surface area contributed by atoms with E-state index in [2.05, 4.69) is 13.0 Å². The molecule has 4 nitrogen and oxygen atoms in total. The molecule has 1 heterocycles. The minimum atomic E-state index is -0.885. The number of carboxylic acids is 1. The van der Waals surface area contributed by atoms with Crippen molar-refractivity contribution >= 4 is 11.7 Å². The molecule has 3 aliphatic rings. The Morgan fingerprint density at radius 1 is 1.13 bits per heavy atom. The first kappa shape index (κ1) is 19.3. The SMILES string of the molecule is CC1CC(Oc2cc(F)c(F)c(N3CCc4cc([C@@H]5C[C@H]5C(=O)O)ccc4C3)c2)C1. The maximum Gasteiger partial charge on any atom is 0.307 e. The van der Waals surface area contributed by atoms with Gasteiger partial charge in [0.2, 0.25) is 0 Å². The number of nitrogens with zero attached hydrogens (tertiary/aromatic N) is 1. The fraction of sp³-hybridized carbons (Fsp3) is 0.458. The van der Waals surface area contributed by atoms with Crippen molar-refractivity contribution in [2.75, 3.05) is 11.4 Å². The molecule has 2 aliphatic carbocycles. The number of hydrogen-bond donors (Lipinski definition) is 1. The first-order valence-corrected chi connectivity index (χ1v) is 10.6. The third-order valence-corrected chi connectivity index (χ3v) is 6.73. The summed E-state index contributed by atoms with van der Waals surface area (Å²) in [5.41, 5.74) is 3.53. The quantitative estimate of drug-likeness (QED) is 0.758. The monoisotopic (exact) mass is 413 g/mol. The molecule has 2 aromatic rings. The van der Waals surface area contributed by atoms with E-state index in [0.717, 1.165) is 35.6 Å². The van der Waals surface area contributed by atoms with E-state index in [0.29, 0.717) is 37.6 Å². The van der Waals surface area contributed by atoms with Crippen molar-refractivity contribution in [1.29, 1.82) is 0 Å². The van der Waals surface area contributed by atoms with Crippen LogP contribution in [0.3, 0.4) is 0 Å². The van der Waals surface area contributed by atoms with Crippen molar-refractivity contribution in [3.8, 4) is 5.75 Å². The molecule has 158 valence electrons. The lowest BCUT2D eigenvalue weighted by atomic mass is 9.84. The molecule has 0 aromatic heterocycles. The van der Waals surface area contributed by atoms with E-state index in [1.54, 1.807) is 6.07 Å². The molecule has 6 heteroatoms. The summed E-state index contributed by atoms with van der Waals surface area (Å²) in [4.78, 5) is 13.0. The molecule has 0 bridgehead atoms. The first-order chi connectivity index (χ1) is 14.4. The molecule has 0 unspecified atom stereocenters. The van der Waals surface area contributed by atoms with Crippen molar-refractivity contribution < 1.29 is 23.4 Å². The normalized spacial score (nSPS) is 27.2. The number of hydrogen-bond acceptors (Lipinski definition) is 3. The third kappa shape index (κ3) is 3.53. The number of carboxylic acid groups (broad SMARTS) is 1. The number of ether oxygens (including phenoxy) is 1. The van der Waals surface area contributed by atoms with Gasteiger partial charge in [0.15, 0.2) is 11.6 Å². The highest BCUT2D eigenvalue weighted by molar-refractivity contribution is 5.75. The van der Waals surface area contributed by atoms with Gasteiger partial charge in [-0.15, -0.1) is 0 Å². The third-order valence-electron chi connectivity index (χ3n) is 6.73. The molecular weight excluding hydrogens is 388 g/mol. The van der Waals surface area contributed by atoms with Crippen LogP contribution in [0.15, 0.2) is 30.3 Å². The van der Waals surface area contributed by atoms with Crippen LogP contribution in [0.25, 0.3) is 0 Å². The van der Waals surface area contributed by atoms with E-state index in [1.807, 2.05) is 17.0 Å². The van der Waals surface area contributed by atoms with Crippen LogP contribution in [0.1, 0.15) is 48.8 Å². The van der Waals surface area contributed by atoms with Crippen LogP contribution in [0.4, 0.5) is 14.5 Å². The Labute approximate surface area is 174 Å². The Kier molecular flexibility index (Phi) is 4.68. The fourth-order valence-corrected chi connectivity index (χ4v) is 4.81. The summed E-state index contributed by atoms with van der Waals surface area (Å²) in [6.07, 6.45) is 3.36. The van der Waals surface area contributed by atoms with E-state index >= 15 is 0 Å². The van der Waals surface area contributed by atoms with Gasteiger partial charge in [-0.25, -0.2) is 8.78 Å². The van der Waals surface area contributed by atoms with Crippen LogP contribution in [0.2, 0.25) is 0 Å². The summed E-state index contributed by atoms with van der Waals surface area (Å²) in [5.74, 6) is -1.64. The van der Waals surface area contributed by atoms with Crippen LogP contribution < -0.4 is 9.64 Å². The average molecular weight is 413 g/mol. The second kappa shape index (κ2) is 7.25. The highest BCUT2D eigenvalue weighted by Gasteiger charge is 2.44. The topological polar surface area (TPSA) is 49.8 Å². The summed E-state index contributed by atoms with van der Waals surface area (Å²) in [5, 5.41) is 9.16. The maximum atomic E-state index is 14.6. The van der Waals surface area contributed by atoms with Crippen LogP contribution in [-0.2, 0) is 17.8 Å². The molecule has 2 saturated carbocycles. The van der Waals surface area contributed by atoms with Crippen LogP contribution >= 0.6 is 0 Å². The van der Waals surface area contributed by atoms with E-state index in [1.165, 1.54) is 0 Å². The summed E-state index contributed by atoms with van der Waals surface area (Å²) in [6, 6.07) is 8.82. The number of aliphatic carboxylic acids is 1. The smallest absolute Gasteiger partial charge is 0.307 e. The predicted octanol–water partition coefficient (Wildman–Crippen LogP) is 4.89. The molecular formula is C24H25F2NO3. The number of rotatable bonds is 5. The molecule has 5 rings (SSSR count). The zero-order valence-corrected chi connectivity index (χ0v) is 16.9. The molecule has 2 fully saturated rings. The zero-order valence-electron chi connectivity index (χ0n) is 16.9. The summed E-state index contributed by atoms with van der Waals surface area (Å²) < 4.78 is 34.7. The number of fused-ring (bicyclic) bond motifs is 1. The van der Waals surface area contributed by atoms with Crippen LogP contribution in [0.5, 0.6) is 5.75 Å².